The number of rotatable bonds is 4. The highest BCUT2D eigenvalue weighted by Gasteiger charge is 2.02. The van der Waals surface area contributed by atoms with E-state index in [2.05, 4.69) is 33.9 Å². The van der Waals surface area contributed by atoms with Crippen LogP contribution in [0.5, 0.6) is 0 Å². The molecule has 5 nitrogen and oxygen atoms in total. The van der Waals surface area contributed by atoms with E-state index in [1.807, 2.05) is 24.3 Å². The molecule has 0 aliphatic carbocycles. The first kappa shape index (κ1) is 13.3. The van der Waals surface area contributed by atoms with E-state index in [0.717, 1.165) is 11.1 Å². The number of hydrogen-bond acceptors (Lipinski definition) is 3. The lowest BCUT2D eigenvalue weighted by Gasteiger charge is -2.11. The van der Waals surface area contributed by atoms with Gasteiger partial charge in [-0.05, 0) is 11.5 Å². The molecule has 0 atom stereocenters. The highest BCUT2D eigenvalue weighted by Crippen LogP contribution is 2.22. The minimum atomic E-state index is 0.522. The minimum Gasteiger partial charge on any atom is -0.383 e. The Morgan fingerprint density at radius 2 is 2.00 bits per heavy atom. The first-order valence-electron chi connectivity index (χ1n) is 6.10. The molecule has 2 rings (SSSR count). The maximum absolute atomic E-state index is 5.46. The number of aliphatic imine (C=N–C) groups is 1. The van der Waals surface area contributed by atoms with Crippen LogP contribution in [0.2, 0.25) is 0 Å². The molecular weight excluding hydrogens is 240 g/mol. The molecule has 100 valence electrons. The summed E-state index contributed by atoms with van der Waals surface area (Å²) < 4.78 is 4.95. The van der Waals surface area contributed by atoms with E-state index in [9.17, 15) is 0 Å². The van der Waals surface area contributed by atoms with Crippen molar-refractivity contribution < 1.29 is 4.74 Å². The van der Waals surface area contributed by atoms with E-state index >= 15 is 0 Å². The zero-order valence-corrected chi connectivity index (χ0v) is 10.9. The number of nitrogens with one attached hydrogen (secondary N) is 2. The largest absolute Gasteiger partial charge is 0.383 e. The van der Waals surface area contributed by atoms with E-state index in [1.54, 1.807) is 7.11 Å². The van der Waals surface area contributed by atoms with Crippen LogP contribution in [0.15, 0.2) is 47.5 Å². The molecule has 19 heavy (non-hydrogen) atoms. The number of hydrazine groups is 1. The van der Waals surface area contributed by atoms with Gasteiger partial charge in [0.15, 0.2) is 0 Å². The fourth-order valence-electron chi connectivity index (χ4n) is 1.83. The van der Waals surface area contributed by atoms with Crippen LogP contribution < -0.4 is 16.6 Å². The standard InChI is InChI=1S/C14H18N4O/c1-19-10-9-16-14(18-15)17-13-8-4-6-11-5-2-3-7-12(11)13/h2-8H,9-10,15H2,1H3,(H2,16,17,18). The van der Waals surface area contributed by atoms with Gasteiger partial charge in [0, 0.05) is 18.2 Å². The minimum absolute atomic E-state index is 0.522. The second kappa shape index (κ2) is 6.72. The second-order valence-electron chi connectivity index (χ2n) is 4.02. The number of nitrogens with two attached hydrogens (primary N) is 1. The number of anilines is 1. The van der Waals surface area contributed by atoms with Gasteiger partial charge in [-0.25, -0.2) is 10.8 Å². The van der Waals surface area contributed by atoms with Crippen molar-refractivity contribution in [1.29, 1.82) is 0 Å². The van der Waals surface area contributed by atoms with Crippen LogP contribution in [0, 0.1) is 0 Å². The molecule has 0 bridgehead atoms. The van der Waals surface area contributed by atoms with E-state index in [1.165, 1.54) is 5.39 Å². The van der Waals surface area contributed by atoms with Gasteiger partial charge in [0.2, 0.25) is 5.96 Å². The molecule has 0 spiro atoms. The summed E-state index contributed by atoms with van der Waals surface area (Å²) in [6, 6.07) is 14.2. The number of ether oxygens (including phenoxy) is 1. The smallest absolute Gasteiger partial charge is 0.210 e. The van der Waals surface area contributed by atoms with Gasteiger partial charge >= 0.3 is 0 Å². The number of benzene rings is 2. The molecule has 0 aliphatic rings. The van der Waals surface area contributed by atoms with Crippen molar-refractivity contribution in [2.75, 3.05) is 25.6 Å². The fraction of sp³-hybridized carbons (Fsp3) is 0.214. The summed E-state index contributed by atoms with van der Waals surface area (Å²) in [5.74, 6) is 5.98. The first-order chi connectivity index (χ1) is 9.35. The predicted molar refractivity (Wildman–Crippen MR) is 79.1 cm³/mol. The Morgan fingerprint density at radius 1 is 1.21 bits per heavy atom. The third kappa shape index (κ3) is 3.43. The van der Waals surface area contributed by atoms with Crippen LogP contribution in [-0.2, 0) is 4.74 Å². The van der Waals surface area contributed by atoms with Crippen molar-refractivity contribution in [3.05, 3.63) is 42.5 Å². The van der Waals surface area contributed by atoms with Gasteiger partial charge in [-0.15, -0.1) is 0 Å². The van der Waals surface area contributed by atoms with Crippen molar-refractivity contribution in [1.82, 2.24) is 5.43 Å². The zero-order chi connectivity index (χ0) is 13.5. The number of guanidine groups is 1. The molecule has 0 radical (unpaired) electrons. The summed E-state index contributed by atoms with van der Waals surface area (Å²) in [6.07, 6.45) is 0. The van der Waals surface area contributed by atoms with Crippen LogP contribution in [0.3, 0.4) is 0 Å². The van der Waals surface area contributed by atoms with Gasteiger partial charge in [0.25, 0.3) is 0 Å². The number of hydrogen-bond donors (Lipinski definition) is 3. The summed E-state index contributed by atoms with van der Waals surface area (Å²) in [4.78, 5) is 4.28. The average molecular weight is 258 g/mol. The van der Waals surface area contributed by atoms with Gasteiger partial charge < -0.3 is 10.1 Å². The molecule has 0 saturated heterocycles. The maximum atomic E-state index is 5.46. The Bertz CT molecular complexity index is 563. The monoisotopic (exact) mass is 258 g/mol. The van der Waals surface area contributed by atoms with Crippen molar-refractivity contribution in [3.8, 4) is 0 Å². The van der Waals surface area contributed by atoms with Crippen LogP contribution >= 0.6 is 0 Å². The topological polar surface area (TPSA) is 71.7 Å². The fourth-order valence-corrected chi connectivity index (χ4v) is 1.83. The van der Waals surface area contributed by atoms with E-state index in [0.29, 0.717) is 19.1 Å². The number of methoxy groups -OCH3 is 1. The van der Waals surface area contributed by atoms with Crippen molar-refractivity contribution in [2.24, 2.45) is 10.8 Å². The summed E-state index contributed by atoms with van der Waals surface area (Å²) in [5, 5.41) is 5.48. The lowest BCUT2D eigenvalue weighted by atomic mass is 10.1. The summed E-state index contributed by atoms with van der Waals surface area (Å²) in [6.45, 7) is 1.11. The predicted octanol–water partition coefficient (Wildman–Crippen LogP) is 1.72. The molecule has 2 aromatic rings. The highest BCUT2D eigenvalue weighted by atomic mass is 16.5. The van der Waals surface area contributed by atoms with Crippen LogP contribution in [0.4, 0.5) is 5.69 Å². The van der Waals surface area contributed by atoms with Gasteiger partial charge in [-0.1, -0.05) is 36.4 Å². The maximum Gasteiger partial charge on any atom is 0.210 e. The Balaban J connectivity index is 2.22. The third-order valence-corrected chi connectivity index (χ3v) is 2.74. The Kier molecular flexibility index (Phi) is 4.72. The third-order valence-electron chi connectivity index (χ3n) is 2.74. The molecule has 0 saturated carbocycles. The molecule has 2 aromatic carbocycles. The molecular formula is C14H18N4O. The van der Waals surface area contributed by atoms with Gasteiger partial charge in [-0.3, -0.25) is 5.43 Å². The number of nitrogens with zero attached hydrogens (tertiary/aromatic N) is 1. The van der Waals surface area contributed by atoms with Crippen molar-refractivity contribution in [3.63, 3.8) is 0 Å². The Hall–Kier alpha value is -2.11. The normalized spacial score (nSPS) is 11.6. The van der Waals surface area contributed by atoms with E-state index in [-0.39, 0.29) is 0 Å². The SMILES string of the molecule is COCCN=C(NN)Nc1cccc2ccccc12. The van der Waals surface area contributed by atoms with E-state index < -0.39 is 0 Å². The lowest BCUT2D eigenvalue weighted by molar-refractivity contribution is 0.208. The van der Waals surface area contributed by atoms with Crippen LogP contribution in [0.25, 0.3) is 10.8 Å². The van der Waals surface area contributed by atoms with Gasteiger partial charge in [-0.2, -0.15) is 0 Å². The second-order valence-corrected chi connectivity index (χ2v) is 4.02. The van der Waals surface area contributed by atoms with Crippen molar-refractivity contribution in [2.45, 2.75) is 0 Å². The van der Waals surface area contributed by atoms with Gasteiger partial charge in [0.05, 0.1) is 13.2 Å². The molecule has 0 amide bonds. The molecule has 5 heteroatoms. The molecule has 4 N–H and O–H groups in total. The molecule has 0 unspecified atom stereocenters. The summed E-state index contributed by atoms with van der Waals surface area (Å²) in [5.41, 5.74) is 3.52. The van der Waals surface area contributed by atoms with Crippen LogP contribution in [-0.4, -0.2) is 26.2 Å². The Labute approximate surface area is 112 Å². The first-order valence-corrected chi connectivity index (χ1v) is 6.10. The molecule has 0 aromatic heterocycles. The number of fused-ring (bicyclic) bond motifs is 1. The average Bonchev–Trinajstić information content (AvgIpc) is 2.46. The lowest BCUT2D eigenvalue weighted by Crippen LogP contribution is -2.36. The quantitative estimate of drug-likeness (QED) is 0.257. The van der Waals surface area contributed by atoms with Crippen molar-refractivity contribution >= 4 is 22.4 Å². The summed E-state index contributed by atoms with van der Waals surface area (Å²) in [7, 11) is 1.64. The van der Waals surface area contributed by atoms with Crippen LogP contribution in [0.1, 0.15) is 0 Å². The molecule has 0 fully saturated rings. The summed E-state index contributed by atoms with van der Waals surface area (Å²) >= 11 is 0. The molecule has 0 heterocycles. The van der Waals surface area contributed by atoms with E-state index in [4.69, 9.17) is 10.6 Å². The van der Waals surface area contributed by atoms with Gasteiger partial charge in [0.1, 0.15) is 0 Å². The highest BCUT2D eigenvalue weighted by molar-refractivity contribution is 6.03. The Morgan fingerprint density at radius 3 is 2.79 bits per heavy atom. The zero-order valence-electron chi connectivity index (χ0n) is 10.9. The molecule has 0 aliphatic heterocycles.